The minimum Gasteiger partial charge on any atom is -0.462 e. The van der Waals surface area contributed by atoms with Crippen molar-refractivity contribution in [3.05, 3.63) is 65.1 Å². The number of furan rings is 1. The van der Waals surface area contributed by atoms with Crippen LogP contribution < -0.4 is 5.32 Å². The third-order valence-electron chi connectivity index (χ3n) is 2.95. The Hall–Kier alpha value is -2.80. The minimum atomic E-state index is -0.387. The number of nitrogens with one attached hydrogen (secondary N) is 1. The molecule has 0 aliphatic carbocycles. The average molecular weight is 280 g/mol. The lowest BCUT2D eigenvalue weighted by atomic mass is 10.1. The molecule has 0 aliphatic rings. The smallest absolute Gasteiger partial charge is 0.262 e. The zero-order valence-corrected chi connectivity index (χ0v) is 11.8. The van der Waals surface area contributed by atoms with Gasteiger partial charge in [0.15, 0.2) is 0 Å². The number of nitriles is 1. The first-order chi connectivity index (χ1) is 10.2. The van der Waals surface area contributed by atoms with E-state index in [1.807, 2.05) is 43.3 Å². The van der Waals surface area contributed by atoms with Gasteiger partial charge in [0.25, 0.3) is 5.91 Å². The molecule has 21 heavy (non-hydrogen) atoms. The van der Waals surface area contributed by atoms with Crippen molar-refractivity contribution in [2.45, 2.75) is 13.3 Å². The predicted molar refractivity (Wildman–Crippen MR) is 80.2 cm³/mol. The van der Waals surface area contributed by atoms with Crippen molar-refractivity contribution in [2.75, 3.05) is 6.54 Å². The summed E-state index contributed by atoms with van der Waals surface area (Å²) >= 11 is 0. The van der Waals surface area contributed by atoms with E-state index in [1.54, 1.807) is 12.1 Å². The van der Waals surface area contributed by atoms with Crippen LogP contribution in [-0.2, 0) is 11.2 Å². The van der Waals surface area contributed by atoms with Gasteiger partial charge in [0.05, 0.1) is 0 Å². The second kappa shape index (κ2) is 7.11. The lowest BCUT2D eigenvalue weighted by molar-refractivity contribution is -0.117. The van der Waals surface area contributed by atoms with Crippen LogP contribution in [0.4, 0.5) is 0 Å². The quantitative estimate of drug-likeness (QED) is 0.676. The number of nitrogens with zero attached hydrogens (tertiary/aromatic N) is 1. The molecule has 0 radical (unpaired) electrons. The molecule has 4 nitrogen and oxygen atoms in total. The summed E-state index contributed by atoms with van der Waals surface area (Å²) in [5.74, 6) is 0.854. The average Bonchev–Trinajstić information content (AvgIpc) is 2.91. The summed E-state index contributed by atoms with van der Waals surface area (Å²) in [7, 11) is 0. The van der Waals surface area contributed by atoms with Crippen LogP contribution in [0.15, 0.2) is 52.5 Å². The minimum absolute atomic E-state index is 0.0393. The Morgan fingerprint density at radius 3 is 2.67 bits per heavy atom. The number of hydrogen-bond acceptors (Lipinski definition) is 3. The van der Waals surface area contributed by atoms with Gasteiger partial charge in [-0.15, -0.1) is 0 Å². The first-order valence-electron chi connectivity index (χ1n) is 6.69. The number of aryl methyl sites for hydroxylation is 1. The third kappa shape index (κ3) is 4.36. The molecule has 0 saturated heterocycles. The normalized spacial score (nSPS) is 11.0. The highest BCUT2D eigenvalue weighted by atomic mass is 16.3. The van der Waals surface area contributed by atoms with Crippen molar-refractivity contribution in [3.63, 3.8) is 0 Å². The lowest BCUT2D eigenvalue weighted by Gasteiger charge is -2.04. The molecule has 1 aromatic carbocycles. The van der Waals surface area contributed by atoms with Crippen molar-refractivity contribution in [1.29, 1.82) is 5.26 Å². The van der Waals surface area contributed by atoms with Crippen molar-refractivity contribution in [2.24, 2.45) is 0 Å². The largest absolute Gasteiger partial charge is 0.462 e. The van der Waals surface area contributed by atoms with Crippen LogP contribution in [0, 0.1) is 18.3 Å². The highest BCUT2D eigenvalue weighted by Gasteiger charge is 2.09. The van der Waals surface area contributed by atoms with Gasteiger partial charge in [-0.25, -0.2) is 0 Å². The van der Waals surface area contributed by atoms with Gasteiger partial charge in [-0.1, -0.05) is 30.3 Å². The van der Waals surface area contributed by atoms with E-state index < -0.39 is 0 Å². The van der Waals surface area contributed by atoms with E-state index in [0.29, 0.717) is 12.3 Å². The maximum absolute atomic E-state index is 11.9. The summed E-state index contributed by atoms with van der Waals surface area (Å²) in [5, 5.41) is 11.8. The molecule has 1 aromatic heterocycles. The van der Waals surface area contributed by atoms with E-state index in [0.717, 1.165) is 17.7 Å². The summed E-state index contributed by atoms with van der Waals surface area (Å²) in [5.41, 5.74) is 1.18. The Labute approximate surface area is 123 Å². The van der Waals surface area contributed by atoms with Gasteiger partial charge >= 0.3 is 0 Å². The number of hydrogen-bond donors (Lipinski definition) is 1. The Bertz CT molecular complexity index is 678. The van der Waals surface area contributed by atoms with Crippen molar-refractivity contribution >= 4 is 12.0 Å². The van der Waals surface area contributed by atoms with E-state index in [4.69, 9.17) is 9.68 Å². The standard InChI is InChI=1S/C17H16N2O2/c1-13-7-8-16(21-13)11-15(12-18)17(20)19-10-9-14-5-3-2-4-6-14/h2-8,11H,9-10H2,1H3,(H,19,20)/b15-11+. The fourth-order valence-electron chi connectivity index (χ4n) is 1.88. The SMILES string of the molecule is Cc1ccc(/C=C(\C#N)C(=O)NCCc2ccccc2)o1. The molecule has 0 spiro atoms. The molecule has 0 fully saturated rings. The van der Waals surface area contributed by atoms with Gasteiger partial charge < -0.3 is 9.73 Å². The molecule has 2 aromatic rings. The second-order valence-electron chi connectivity index (χ2n) is 4.61. The summed E-state index contributed by atoms with van der Waals surface area (Å²) in [6, 6.07) is 15.3. The van der Waals surface area contributed by atoms with Gasteiger partial charge in [-0.3, -0.25) is 4.79 Å². The Balaban J connectivity index is 1.92. The molecule has 106 valence electrons. The van der Waals surface area contributed by atoms with E-state index in [2.05, 4.69) is 5.32 Å². The molecule has 1 amide bonds. The third-order valence-corrected chi connectivity index (χ3v) is 2.95. The van der Waals surface area contributed by atoms with E-state index >= 15 is 0 Å². The van der Waals surface area contributed by atoms with Gasteiger partial charge in [-0.05, 0) is 31.0 Å². The Morgan fingerprint density at radius 2 is 2.05 bits per heavy atom. The molecule has 0 atom stereocenters. The highest BCUT2D eigenvalue weighted by molar-refractivity contribution is 6.01. The van der Waals surface area contributed by atoms with E-state index in [1.165, 1.54) is 6.08 Å². The fraction of sp³-hybridized carbons (Fsp3) is 0.176. The summed E-state index contributed by atoms with van der Waals surface area (Å²) in [6.07, 6.45) is 2.18. The van der Waals surface area contributed by atoms with Crippen LogP contribution >= 0.6 is 0 Å². The van der Waals surface area contributed by atoms with Crippen LogP contribution in [0.25, 0.3) is 6.08 Å². The first kappa shape index (κ1) is 14.6. The number of rotatable bonds is 5. The van der Waals surface area contributed by atoms with Crippen LogP contribution in [-0.4, -0.2) is 12.5 Å². The molecule has 0 bridgehead atoms. The molecule has 0 aliphatic heterocycles. The van der Waals surface area contributed by atoms with Crippen LogP contribution in [0.3, 0.4) is 0 Å². The van der Waals surface area contributed by atoms with Crippen LogP contribution in [0.1, 0.15) is 17.1 Å². The molecule has 0 saturated carbocycles. The maximum atomic E-state index is 11.9. The maximum Gasteiger partial charge on any atom is 0.262 e. The van der Waals surface area contributed by atoms with Gasteiger partial charge in [-0.2, -0.15) is 5.26 Å². The summed E-state index contributed by atoms with van der Waals surface area (Å²) in [6.45, 7) is 2.29. The predicted octanol–water partition coefficient (Wildman–Crippen LogP) is 2.85. The van der Waals surface area contributed by atoms with Crippen molar-refractivity contribution in [1.82, 2.24) is 5.32 Å². The lowest BCUT2D eigenvalue weighted by Crippen LogP contribution is -2.26. The molecule has 0 unspecified atom stereocenters. The van der Waals surface area contributed by atoms with Crippen LogP contribution in [0.2, 0.25) is 0 Å². The first-order valence-corrected chi connectivity index (χ1v) is 6.69. The number of carbonyl (C=O) groups is 1. The van der Waals surface area contributed by atoms with Gasteiger partial charge in [0.1, 0.15) is 23.2 Å². The Kier molecular flexibility index (Phi) is 4.94. The zero-order valence-electron chi connectivity index (χ0n) is 11.8. The Morgan fingerprint density at radius 1 is 1.29 bits per heavy atom. The van der Waals surface area contributed by atoms with Gasteiger partial charge in [0.2, 0.25) is 0 Å². The topological polar surface area (TPSA) is 66.0 Å². The number of benzene rings is 1. The number of amides is 1. The molecule has 2 rings (SSSR count). The zero-order chi connectivity index (χ0) is 15.1. The van der Waals surface area contributed by atoms with Crippen LogP contribution in [0.5, 0.6) is 0 Å². The molecule has 4 heteroatoms. The molecular formula is C17H16N2O2. The monoisotopic (exact) mass is 280 g/mol. The van der Waals surface area contributed by atoms with Crippen molar-refractivity contribution < 1.29 is 9.21 Å². The molecule has 1 N–H and O–H groups in total. The second-order valence-corrected chi connectivity index (χ2v) is 4.61. The van der Waals surface area contributed by atoms with E-state index in [-0.39, 0.29) is 11.5 Å². The molecule has 1 heterocycles. The van der Waals surface area contributed by atoms with E-state index in [9.17, 15) is 4.79 Å². The van der Waals surface area contributed by atoms with Gasteiger partial charge in [0, 0.05) is 12.6 Å². The molecular weight excluding hydrogens is 264 g/mol. The summed E-state index contributed by atoms with van der Waals surface area (Å²) < 4.78 is 5.33. The number of carbonyl (C=O) groups excluding carboxylic acids is 1. The van der Waals surface area contributed by atoms with Crippen molar-refractivity contribution in [3.8, 4) is 6.07 Å². The fourth-order valence-corrected chi connectivity index (χ4v) is 1.88. The highest BCUT2D eigenvalue weighted by Crippen LogP contribution is 2.11. The summed E-state index contributed by atoms with van der Waals surface area (Å²) in [4.78, 5) is 11.9.